The molecular formula is C9H13BrClFN2. The molecule has 0 aliphatic heterocycles. The zero-order valence-electron chi connectivity index (χ0n) is 7.84. The van der Waals surface area contributed by atoms with Gasteiger partial charge in [-0.3, -0.25) is 0 Å². The first-order valence-corrected chi connectivity index (χ1v) is 4.99. The van der Waals surface area contributed by atoms with E-state index in [-0.39, 0.29) is 24.3 Å². The lowest BCUT2D eigenvalue weighted by Crippen LogP contribution is -2.22. The Hall–Kier alpha value is -0.190. The highest BCUT2D eigenvalue weighted by Gasteiger charge is 2.08. The highest BCUT2D eigenvalue weighted by molar-refractivity contribution is 9.10. The van der Waals surface area contributed by atoms with Crippen LogP contribution in [0.15, 0.2) is 16.7 Å². The smallest absolute Gasteiger partial charge is 0.144 e. The first-order chi connectivity index (χ1) is 6.13. The van der Waals surface area contributed by atoms with Crippen LogP contribution in [0, 0.1) is 5.82 Å². The van der Waals surface area contributed by atoms with Gasteiger partial charge in [-0.05, 0) is 34.5 Å². The lowest BCUT2D eigenvalue weighted by molar-refractivity contribution is 0.564. The average Bonchev–Trinajstić information content (AvgIpc) is 2.11. The fourth-order valence-electron chi connectivity index (χ4n) is 0.994. The van der Waals surface area contributed by atoms with Crippen molar-refractivity contribution in [3.63, 3.8) is 0 Å². The van der Waals surface area contributed by atoms with E-state index < -0.39 is 0 Å². The van der Waals surface area contributed by atoms with Gasteiger partial charge in [-0.15, -0.1) is 12.4 Å². The summed E-state index contributed by atoms with van der Waals surface area (Å²) >= 11 is 3.19. The van der Waals surface area contributed by atoms with Crippen LogP contribution in [0.5, 0.6) is 0 Å². The van der Waals surface area contributed by atoms with Gasteiger partial charge in [0.15, 0.2) is 0 Å². The summed E-state index contributed by atoms with van der Waals surface area (Å²) in [5.41, 5.74) is 6.14. The van der Waals surface area contributed by atoms with Gasteiger partial charge in [0.2, 0.25) is 0 Å². The van der Waals surface area contributed by atoms with E-state index in [0.717, 1.165) is 6.42 Å². The molecule has 1 rings (SSSR count). The van der Waals surface area contributed by atoms with Gasteiger partial charge in [-0.1, -0.05) is 6.92 Å². The van der Waals surface area contributed by atoms with E-state index in [2.05, 4.69) is 20.9 Å². The number of aromatic nitrogens is 1. The van der Waals surface area contributed by atoms with Crippen LogP contribution in [0.4, 0.5) is 4.39 Å². The third-order valence-corrected chi connectivity index (χ3v) is 2.31. The average molecular weight is 284 g/mol. The minimum absolute atomic E-state index is 0. The molecule has 0 bridgehead atoms. The molecule has 1 unspecified atom stereocenters. The van der Waals surface area contributed by atoms with Crippen molar-refractivity contribution in [3.05, 3.63) is 28.2 Å². The van der Waals surface area contributed by atoms with Crippen molar-refractivity contribution in [1.29, 1.82) is 0 Å². The van der Waals surface area contributed by atoms with Crippen molar-refractivity contribution in [2.75, 3.05) is 0 Å². The van der Waals surface area contributed by atoms with E-state index in [9.17, 15) is 4.39 Å². The SMILES string of the molecule is CCC(N)Cc1nc(Br)ccc1F.Cl. The molecule has 0 radical (unpaired) electrons. The topological polar surface area (TPSA) is 38.9 Å². The van der Waals surface area contributed by atoms with Crippen molar-refractivity contribution in [2.45, 2.75) is 25.8 Å². The maximum Gasteiger partial charge on any atom is 0.144 e. The van der Waals surface area contributed by atoms with Gasteiger partial charge >= 0.3 is 0 Å². The largest absolute Gasteiger partial charge is 0.327 e. The number of rotatable bonds is 3. The van der Waals surface area contributed by atoms with Gasteiger partial charge in [0.1, 0.15) is 10.4 Å². The second kappa shape index (κ2) is 6.32. The number of halogens is 3. The Kier molecular flexibility index (Phi) is 6.24. The number of pyridine rings is 1. The first kappa shape index (κ1) is 13.8. The van der Waals surface area contributed by atoms with Gasteiger partial charge < -0.3 is 5.73 Å². The maximum absolute atomic E-state index is 13.1. The van der Waals surface area contributed by atoms with Crippen molar-refractivity contribution in [3.8, 4) is 0 Å². The lowest BCUT2D eigenvalue weighted by atomic mass is 10.1. The molecule has 0 aromatic carbocycles. The van der Waals surface area contributed by atoms with Crippen molar-refractivity contribution in [2.24, 2.45) is 5.73 Å². The molecule has 14 heavy (non-hydrogen) atoms. The molecule has 1 aromatic rings. The fourth-order valence-corrected chi connectivity index (χ4v) is 1.34. The van der Waals surface area contributed by atoms with Crippen molar-refractivity contribution in [1.82, 2.24) is 4.98 Å². The van der Waals surface area contributed by atoms with Crippen molar-refractivity contribution < 1.29 is 4.39 Å². The summed E-state index contributed by atoms with van der Waals surface area (Å²) in [7, 11) is 0. The summed E-state index contributed by atoms with van der Waals surface area (Å²) in [6.07, 6.45) is 1.31. The van der Waals surface area contributed by atoms with Crippen LogP contribution in [0.2, 0.25) is 0 Å². The minimum Gasteiger partial charge on any atom is -0.327 e. The summed E-state index contributed by atoms with van der Waals surface area (Å²) in [5.74, 6) is -0.285. The Bertz CT molecular complexity index is 296. The van der Waals surface area contributed by atoms with Crippen molar-refractivity contribution >= 4 is 28.3 Å². The number of hydrogen-bond donors (Lipinski definition) is 1. The summed E-state index contributed by atoms with van der Waals surface area (Å²) < 4.78 is 13.8. The normalized spacial score (nSPS) is 12.0. The van der Waals surface area contributed by atoms with Gasteiger partial charge in [0.25, 0.3) is 0 Å². The van der Waals surface area contributed by atoms with Crippen LogP contribution in [0.25, 0.3) is 0 Å². The Morgan fingerprint density at radius 1 is 1.57 bits per heavy atom. The van der Waals surface area contributed by atoms with E-state index in [1.807, 2.05) is 6.92 Å². The second-order valence-corrected chi connectivity index (χ2v) is 3.75. The summed E-state index contributed by atoms with van der Waals surface area (Å²) in [4.78, 5) is 4.02. The fraction of sp³-hybridized carbons (Fsp3) is 0.444. The van der Waals surface area contributed by atoms with Crippen LogP contribution in [-0.4, -0.2) is 11.0 Å². The number of nitrogens with two attached hydrogens (primary N) is 1. The molecule has 0 aliphatic carbocycles. The third kappa shape index (κ3) is 3.90. The lowest BCUT2D eigenvalue weighted by Gasteiger charge is -2.08. The van der Waals surface area contributed by atoms with Gasteiger partial charge in [-0.25, -0.2) is 9.37 Å². The van der Waals surface area contributed by atoms with E-state index in [4.69, 9.17) is 5.73 Å². The standard InChI is InChI=1S/C9H12BrFN2.ClH/c1-2-6(12)5-8-7(11)3-4-9(10)13-8;/h3-4,6H,2,5,12H2,1H3;1H. The molecule has 0 aliphatic rings. The quantitative estimate of drug-likeness (QED) is 0.866. The zero-order chi connectivity index (χ0) is 9.84. The monoisotopic (exact) mass is 282 g/mol. The van der Waals surface area contributed by atoms with Crippen LogP contribution in [0.3, 0.4) is 0 Å². The molecule has 2 nitrogen and oxygen atoms in total. The van der Waals surface area contributed by atoms with Gasteiger partial charge in [0, 0.05) is 12.5 Å². The summed E-state index contributed by atoms with van der Waals surface area (Å²) in [6, 6.07) is 2.96. The Morgan fingerprint density at radius 3 is 2.79 bits per heavy atom. The summed E-state index contributed by atoms with van der Waals surface area (Å²) in [5, 5.41) is 0. The zero-order valence-corrected chi connectivity index (χ0v) is 10.2. The van der Waals surface area contributed by atoms with Gasteiger partial charge in [0.05, 0.1) is 5.69 Å². The highest BCUT2D eigenvalue weighted by atomic mass is 79.9. The molecule has 0 saturated carbocycles. The molecule has 1 atom stereocenters. The predicted molar refractivity (Wildman–Crippen MR) is 61.1 cm³/mol. The highest BCUT2D eigenvalue weighted by Crippen LogP contribution is 2.12. The molecule has 0 saturated heterocycles. The Morgan fingerprint density at radius 2 is 2.21 bits per heavy atom. The predicted octanol–water partition coefficient (Wildman–Crippen LogP) is 2.68. The molecule has 1 heterocycles. The van der Waals surface area contributed by atoms with E-state index in [1.54, 1.807) is 6.07 Å². The maximum atomic E-state index is 13.1. The van der Waals surface area contributed by atoms with Crippen LogP contribution >= 0.6 is 28.3 Å². The molecule has 0 amide bonds. The van der Waals surface area contributed by atoms with Crippen LogP contribution < -0.4 is 5.73 Å². The van der Waals surface area contributed by atoms with E-state index >= 15 is 0 Å². The van der Waals surface area contributed by atoms with E-state index in [1.165, 1.54) is 6.07 Å². The van der Waals surface area contributed by atoms with Gasteiger partial charge in [-0.2, -0.15) is 0 Å². The Labute approximate surface area is 97.6 Å². The molecule has 1 aromatic heterocycles. The molecule has 0 fully saturated rings. The molecule has 80 valence electrons. The van der Waals surface area contributed by atoms with Crippen LogP contribution in [0.1, 0.15) is 19.0 Å². The Balaban J connectivity index is 0.00000169. The molecule has 2 N–H and O–H groups in total. The number of nitrogens with zero attached hydrogens (tertiary/aromatic N) is 1. The number of hydrogen-bond acceptors (Lipinski definition) is 2. The van der Waals surface area contributed by atoms with E-state index in [0.29, 0.717) is 16.7 Å². The molecular weight excluding hydrogens is 270 g/mol. The first-order valence-electron chi connectivity index (χ1n) is 4.20. The third-order valence-electron chi connectivity index (χ3n) is 1.86. The second-order valence-electron chi connectivity index (χ2n) is 2.93. The summed E-state index contributed by atoms with van der Waals surface area (Å²) in [6.45, 7) is 1.97. The molecule has 0 spiro atoms. The van der Waals surface area contributed by atoms with Crippen LogP contribution in [-0.2, 0) is 6.42 Å². The minimum atomic E-state index is -0.285. The molecule has 5 heteroatoms.